The summed E-state index contributed by atoms with van der Waals surface area (Å²) in [6, 6.07) is 5.60. The lowest BCUT2D eigenvalue weighted by Crippen LogP contribution is -2.11. The summed E-state index contributed by atoms with van der Waals surface area (Å²) < 4.78 is 1.79. The van der Waals surface area contributed by atoms with E-state index >= 15 is 0 Å². The minimum atomic E-state index is -0.600. The molecule has 12 heavy (non-hydrogen) atoms. The molecular formula is C8H9Br2NO. The van der Waals surface area contributed by atoms with Gasteiger partial charge in [-0.3, -0.25) is 0 Å². The van der Waals surface area contributed by atoms with E-state index in [1.807, 2.05) is 18.2 Å². The topological polar surface area (TPSA) is 46.2 Å². The van der Waals surface area contributed by atoms with Crippen molar-refractivity contribution < 1.29 is 5.11 Å². The molecule has 3 N–H and O–H groups in total. The third-order valence-electron chi connectivity index (χ3n) is 1.56. The average Bonchev–Trinajstić information content (AvgIpc) is 2.08. The van der Waals surface area contributed by atoms with Crippen LogP contribution in [-0.4, -0.2) is 11.7 Å². The number of halogens is 2. The molecule has 0 unspecified atom stereocenters. The van der Waals surface area contributed by atoms with E-state index in [2.05, 4.69) is 31.9 Å². The molecule has 0 bridgehead atoms. The highest BCUT2D eigenvalue weighted by atomic mass is 79.9. The maximum Gasteiger partial charge on any atom is 0.0923 e. The first-order valence-corrected chi connectivity index (χ1v) is 5.07. The van der Waals surface area contributed by atoms with E-state index in [-0.39, 0.29) is 6.54 Å². The minimum absolute atomic E-state index is 0.231. The van der Waals surface area contributed by atoms with E-state index in [9.17, 15) is 5.11 Å². The second kappa shape index (κ2) is 4.37. The molecule has 0 fully saturated rings. The number of aliphatic hydroxyl groups is 1. The zero-order chi connectivity index (χ0) is 9.14. The summed E-state index contributed by atoms with van der Waals surface area (Å²) in [4.78, 5) is 0. The van der Waals surface area contributed by atoms with Gasteiger partial charge in [-0.05, 0) is 43.5 Å². The van der Waals surface area contributed by atoms with Gasteiger partial charge >= 0.3 is 0 Å². The van der Waals surface area contributed by atoms with Crippen molar-refractivity contribution in [2.45, 2.75) is 6.10 Å². The van der Waals surface area contributed by atoms with Gasteiger partial charge in [0.05, 0.1) is 6.10 Å². The molecule has 1 aromatic carbocycles. The van der Waals surface area contributed by atoms with Crippen LogP contribution < -0.4 is 5.73 Å². The minimum Gasteiger partial charge on any atom is -0.387 e. The van der Waals surface area contributed by atoms with Gasteiger partial charge in [-0.2, -0.15) is 0 Å². The Morgan fingerprint density at radius 2 is 2.08 bits per heavy atom. The number of aliphatic hydroxyl groups excluding tert-OH is 1. The van der Waals surface area contributed by atoms with Crippen molar-refractivity contribution in [3.05, 3.63) is 32.7 Å². The Morgan fingerprint density at radius 3 is 2.67 bits per heavy atom. The summed E-state index contributed by atoms with van der Waals surface area (Å²) in [5.41, 5.74) is 6.15. The van der Waals surface area contributed by atoms with Crippen molar-refractivity contribution in [1.29, 1.82) is 0 Å². The normalized spacial score (nSPS) is 13.0. The number of rotatable bonds is 2. The first-order valence-electron chi connectivity index (χ1n) is 3.49. The lowest BCUT2D eigenvalue weighted by molar-refractivity contribution is 0.186. The summed E-state index contributed by atoms with van der Waals surface area (Å²) in [6.07, 6.45) is -0.600. The van der Waals surface area contributed by atoms with Gasteiger partial charge in [-0.25, -0.2) is 0 Å². The molecule has 0 heterocycles. The van der Waals surface area contributed by atoms with Gasteiger partial charge in [0, 0.05) is 15.5 Å². The molecule has 0 saturated heterocycles. The molecule has 0 spiro atoms. The van der Waals surface area contributed by atoms with Gasteiger partial charge in [-0.15, -0.1) is 0 Å². The van der Waals surface area contributed by atoms with Gasteiger partial charge in [0.1, 0.15) is 0 Å². The Bertz CT molecular complexity index is 278. The first kappa shape index (κ1) is 10.2. The monoisotopic (exact) mass is 293 g/mol. The predicted molar refractivity (Wildman–Crippen MR) is 55.9 cm³/mol. The second-order valence-corrected chi connectivity index (χ2v) is 4.04. The van der Waals surface area contributed by atoms with Crippen LogP contribution in [0.1, 0.15) is 11.7 Å². The molecule has 66 valence electrons. The van der Waals surface area contributed by atoms with Crippen molar-refractivity contribution >= 4 is 31.9 Å². The van der Waals surface area contributed by atoms with Gasteiger partial charge in [0.2, 0.25) is 0 Å². The smallest absolute Gasteiger partial charge is 0.0923 e. The Balaban J connectivity index is 3.07. The quantitative estimate of drug-likeness (QED) is 0.878. The predicted octanol–water partition coefficient (Wildman–Crippen LogP) is 2.20. The first-order chi connectivity index (χ1) is 5.66. The number of hydrogen-bond donors (Lipinski definition) is 2. The molecule has 0 aliphatic carbocycles. The fourth-order valence-corrected chi connectivity index (χ4v) is 1.81. The molecule has 1 atom stereocenters. The number of nitrogens with two attached hydrogens (primary N) is 1. The van der Waals surface area contributed by atoms with Crippen LogP contribution in [0.25, 0.3) is 0 Å². The summed E-state index contributed by atoms with van der Waals surface area (Å²) in [6.45, 7) is 0.231. The lowest BCUT2D eigenvalue weighted by Gasteiger charge is -2.10. The largest absolute Gasteiger partial charge is 0.387 e. The van der Waals surface area contributed by atoms with Crippen molar-refractivity contribution in [3.8, 4) is 0 Å². The maximum atomic E-state index is 9.46. The van der Waals surface area contributed by atoms with E-state index in [4.69, 9.17) is 5.73 Å². The number of hydrogen-bond acceptors (Lipinski definition) is 2. The van der Waals surface area contributed by atoms with Gasteiger partial charge in [0.15, 0.2) is 0 Å². The van der Waals surface area contributed by atoms with E-state index in [1.54, 1.807) is 0 Å². The Labute approximate surface area is 88.0 Å². The molecule has 0 aliphatic rings. The fourth-order valence-electron chi connectivity index (χ4n) is 0.905. The average molecular weight is 295 g/mol. The highest BCUT2D eigenvalue weighted by molar-refractivity contribution is 9.13. The molecule has 1 rings (SSSR count). The van der Waals surface area contributed by atoms with E-state index in [0.29, 0.717) is 0 Å². The molecule has 0 aromatic heterocycles. The summed E-state index contributed by atoms with van der Waals surface area (Å²) in [5, 5.41) is 9.46. The van der Waals surface area contributed by atoms with Crippen molar-refractivity contribution in [1.82, 2.24) is 0 Å². The third kappa shape index (κ3) is 2.07. The lowest BCUT2D eigenvalue weighted by atomic mass is 10.1. The Morgan fingerprint density at radius 1 is 1.42 bits per heavy atom. The van der Waals surface area contributed by atoms with Crippen LogP contribution in [0.15, 0.2) is 27.1 Å². The fraction of sp³-hybridized carbons (Fsp3) is 0.250. The van der Waals surface area contributed by atoms with Crippen LogP contribution in [0.3, 0.4) is 0 Å². The molecule has 0 amide bonds. The van der Waals surface area contributed by atoms with Crippen LogP contribution in [0, 0.1) is 0 Å². The molecule has 0 saturated carbocycles. The van der Waals surface area contributed by atoms with Crippen LogP contribution >= 0.6 is 31.9 Å². The van der Waals surface area contributed by atoms with Gasteiger partial charge in [0.25, 0.3) is 0 Å². The Hall–Kier alpha value is 0.1000. The van der Waals surface area contributed by atoms with E-state index in [0.717, 1.165) is 14.5 Å². The molecule has 2 nitrogen and oxygen atoms in total. The summed E-state index contributed by atoms with van der Waals surface area (Å²) >= 11 is 6.70. The van der Waals surface area contributed by atoms with E-state index in [1.165, 1.54) is 0 Å². The van der Waals surface area contributed by atoms with Crippen LogP contribution in [-0.2, 0) is 0 Å². The van der Waals surface area contributed by atoms with Crippen LogP contribution in [0.5, 0.6) is 0 Å². The molecule has 0 aliphatic heterocycles. The maximum absolute atomic E-state index is 9.46. The SMILES string of the molecule is NC[C@H](O)c1cccc(Br)c1Br. The molecular weight excluding hydrogens is 286 g/mol. The van der Waals surface area contributed by atoms with Crippen molar-refractivity contribution in [2.24, 2.45) is 5.73 Å². The Kier molecular flexibility index (Phi) is 3.71. The van der Waals surface area contributed by atoms with Crippen LogP contribution in [0.2, 0.25) is 0 Å². The highest BCUT2D eigenvalue weighted by Crippen LogP contribution is 2.29. The molecule has 1 aromatic rings. The summed E-state index contributed by atoms with van der Waals surface area (Å²) in [5.74, 6) is 0. The van der Waals surface area contributed by atoms with Gasteiger partial charge < -0.3 is 10.8 Å². The third-order valence-corrected chi connectivity index (χ3v) is 3.64. The second-order valence-electron chi connectivity index (χ2n) is 2.39. The van der Waals surface area contributed by atoms with Crippen LogP contribution in [0.4, 0.5) is 0 Å². The standard InChI is InChI=1S/C8H9Br2NO/c9-6-3-1-2-5(8(6)10)7(12)4-11/h1-3,7,12H,4,11H2/t7-/m0/s1. The van der Waals surface area contributed by atoms with Crippen molar-refractivity contribution in [2.75, 3.05) is 6.54 Å². The number of benzene rings is 1. The highest BCUT2D eigenvalue weighted by Gasteiger charge is 2.10. The molecule has 0 radical (unpaired) electrons. The van der Waals surface area contributed by atoms with E-state index < -0.39 is 6.10 Å². The van der Waals surface area contributed by atoms with Gasteiger partial charge in [-0.1, -0.05) is 12.1 Å². The zero-order valence-corrected chi connectivity index (χ0v) is 9.47. The summed E-state index contributed by atoms with van der Waals surface area (Å²) in [7, 11) is 0. The molecule has 4 heteroatoms. The van der Waals surface area contributed by atoms with Crippen molar-refractivity contribution in [3.63, 3.8) is 0 Å². The zero-order valence-electron chi connectivity index (χ0n) is 6.30.